The Bertz CT molecular complexity index is 452. The average molecular weight is 280 g/mol. The van der Waals surface area contributed by atoms with E-state index in [2.05, 4.69) is 15.3 Å². The number of amides is 1. The molecule has 1 saturated heterocycles. The highest BCUT2D eigenvalue weighted by atomic mass is 16.5. The van der Waals surface area contributed by atoms with Gasteiger partial charge >= 0.3 is 0 Å². The molecule has 6 heteroatoms. The third kappa shape index (κ3) is 3.19. The van der Waals surface area contributed by atoms with E-state index in [1.54, 1.807) is 6.20 Å². The summed E-state index contributed by atoms with van der Waals surface area (Å²) >= 11 is 0. The molecule has 1 aliphatic heterocycles. The number of aromatic nitrogens is 2. The lowest BCUT2D eigenvalue weighted by atomic mass is 10.1. The molecule has 2 heterocycles. The largest absolute Gasteiger partial charge is 0.379 e. The zero-order chi connectivity index (χ0) is 14.5. The summed E-state index contributed by atoms with van der Waals surface area (Å²) in [7, 11) is 0. The van der Waals surface area contributed by atoms with Gasteiger partial charge in [0.25, 0.3) is 0 Å². The van der Waals surface area contributed by atoms with Crippen molar-refractivity contribution in [1.82, 2.24) is 14.7 Å². The maximum atomic E-state index is 12.5. The first kappa shape index (κ1) is 15.0. The lowest BCUT2D eigenvalue weighted by Crippen LogP contribution is -2.49. The van der Waals surface area contributed by atoms with Crippen LogP contribution < -0.4 is 5.32 Å². The molecule has 1 aromatic rings. The van der Waals surface area contributed by atoms with Gasteiger partial charge in [0.2, 0.25) is 5.91 Å². The Labute approximate surface area is 120 Å². The maximum absolute atomic E-state index is 12.5. The van der Waals surface area contributed by atoms with Crippen molar-refractivity contribution in [2.45, 2.75) is 39.8 Å². The molecule has 1 fully saturated rings. The average Bonchev–Trinajstić information content (AvgIpc) is 2.81. The van der Waals surface area contributed by atoms with Crippen molar-refractivity contribution in [2.75, 3.05) is 31.6 Å². The van der Waals surface area contributed by atoms with Gasteiger partial charge < -0.3 is 10.1 Å². The summed E-state index contributed by atoms with van der Waals surface area (Å²) in [4.78, 5) is 14.7. The Morgan fingerprint density at radius 3 is 2.75 bits per heavy atom. The Balaban J connectivity index is 2.06. The number of nitrogens with one attached hydrogen (secondary N) is 1. The predicted molar refractivity (Wildman–Crippen MR) is 77.7 cm³/mol. The van der Waals surface area contributed by atoms with Gasteiger partial charge in [-0.3, -0.25) is 9.69 Å². The zero-order valence-corrected chi connectivity index (χ0v) is 12.6. The second-order valence-electron chi connectivity index (χ2n) is 5.05. The Hall–Kier alpha value is -1.40. The summed E-state index contributed by atoms with van der Waals surface area (Å²) in [5, 5.41) is 7.29. The van der Waals surface area contributed by atoms with Crippen LogP contribution in [0.15, 0.2) is 6.20 Å². The highest BCUT2D eigenvalue weighted by Gasteiger charge is 2.26. The van der Waals surface area contributed by atoms with E-state index in [0.29, 0.717) is 13.2 Å². The SMILES string of the molecule is CCC(C(=O)Nc1c(C)cnn1CC)N1CCOCC1. The molecule has 0 bridgehead atoms. The van der Waals surface area contributed by atoms with Gasteiger partial charge in [0.05, 0.1) is 25.5 Å². The normalized spacial score (nSPS) is 17.9. The van der Waals surface area contributed by atoms with Crippen LogP contribution in [0.1, 0.15) is 25.8 Å². The highest BCUT2D eigenvalue weighted by Crippen LogP contribution is 2.16. The molecule has 6 nitrogen and oxygen atoms in total. The predicted octanol–water partition coefficient (Wildman–Crippen LogP) is 1.26. The highest BCUT2D eigenvalue weighted by molar-refractivity contribution is 5.94. The molecular weight excluding hydrogens is 256 g/mol. The molecule has 0 saturated carbocycles. The standard InChI is InChI=1S/C14H24N4O2/c1-4-12(17-6-8-20-9-7-17)14(19)16-13-11(3)10-15-18(13)5-2/h10,12H,4-9H2,1-3H3,(H,16,19). The molecule has 20 heavy (non-hydrogen) atoms. The number of nitrogens with zero attached hydrogens (tertiary/aromatic N) is 3. The summed E-state index contributed by atoms with van der Waals surface area (Å²) < 4.78 is 7.17. The number of hydrogen-bond acceptors (Lipinski definition) is 4. The van der Waals surface area contributed by atoms with Crippen LogP contribution in [0.5, 0.6) is 0 Å². The number of ether oxygens (including phenoxy) is 1. The molecule has 1 unspecified atom stereocenters. The van der Waals surface area contributed by atoms with E-state index in [1.807, 2.05) is 25.5 Å². The van der Waals surface area contributed by atoms with Crippen LogP contribution in [0.2, 0.25) is 0 Å². The first-order valence-corrected chi connectivity index (χ1v) is 7.32. The van der Waals surface area contributed by atoms with Gasteiger partial charge in [-0.05, 0) is 20.3 Å². The number of rotatable bonds is 5. The quantitative estimate of drug-likeness (QED) is 0.882. The summed E-state index contributed by atoms with van der Waals surface area (Å²) in [6.45, 7) is 9.81. The molecule has 0 aliphatic carbocycles. The number of carbonyl (C=O) groups excluding carboxylic acids is 1. The molecule has 112 valence electrons. The molecule has 1 aromatic heterocycles. The summed E-state index contributed by atoms with van der Waals surface area (Å²) in [6.07, 6.45) is 2.58. The topological polar surface area (TPSA) is 59.4 Å². The third-order valence-corrected chi connectivity index (χ3v) is 3.74. The number of aryl methyl sites for hydroxylation is 2. The monoisotopic (exact) mass is 280 g/mol. The molecule has 2 rings (SSSR count). The van der Waals surface area contributed by atoms with Crippen molar-refractivity contribution < 1.29 is 9.53 Å². The second kappa shape index (κ2) is 6.85. The first-order valence-electron chi connectivity index (χ1n) is 7.32. The third-order valence-electron chi connectivity index (χ3n) is 3.74. The molecular formula is C14H24N4O2. The molecule has 1 aliphatic rings. The lowest BCUT2D eigenvalue weighted by Gasteiger charge is -2.33. The molecule has 1 atom stereocenters. The first-order chi connectivity index (χ1) is 9.67. The van der Waals surface area contributed by atoms with Crippen molar-refractivity contribution in [2.24, 2.45) is 0 Å². The molecule has 0 spiro atoms. The Morgan fingerprint density at radius 1 is 1.45 bits per heavy atom. The molecule has 0 aromatic carbocycles. The van der Waals surface area contributed by atoms with Crippen molar-refractivity contribution in [1.29, 1.82) is 0 Å². The van der Waals surface area contributed by atoms with Gasteiger partial charge in [-0.25, -0.2) is 4.68 Å². The number of anilines is 1. The van der Waals surface area contributed by atoms with E-state index in [0.717, 1.165) is 37.4 Å². The zero-order valence-electron chi connectivity index (χ0n) is 12.6. The number of hydrogen-bond donors (Lipinski definition) is 1. The van der Waals surface area contributed by atoms with E-state index < -0.39 is 0 Å². The molecule has 0 radical (unpaired) electrons. The van der Waals surface area contributed by atoms with E-state index in [4.69, 9.17) is 4.74 Å². The number of carbonyl (C=O) groups is 1. The Morgan fingerprint density at radius 2 is 2.15 bits per heavy atom. The van der Waals surface area contributed by atoms with Crippen LogP contribution in [0, 0.1) is 6.92 Å². The van der Waals surface area contributed by atoms with Gasteiger partial charge in [0, 0.05) is 25.2 Å². The summed E-state index contributed by atoms with van der Waals surface area (Å²) in [6, 6.07) is -0.0986. The van der Waals surface area contributed by atoms with Gasteiger partial charge in [-0.2, -0.15) is 5.10 Å². The van der Waals surface area contributed by atoms with Crippen LogP contribution in [0.25, 0.3) is 0 Å². The van der Waals surface area contributed by atoms with E-state index in [-0.39, 0.29) is 11.9 Å². The van der Waals surface area contributed by atoms with Gasteiger partial charge in [-0.1, -0.05) is 6.92 Å². The van der Waals surface area contributed by atoms with Crippen molar-refractivity contribution in [3.8, 4) is 0 Å². The van der Waals surface area contributed by atoms with Crippen molar-refractivity contribution >= 4 is 11.7 Å². The van der Waals surface area contributed by atoms with Gasteiger partial charge in [0.15, 0.2) is 0 Å². The number of morpholine rings is 1. The van der Waals surface area contributed by atoms with E-state index >= 15 is 0 Å². The van der Waals surface area contributed by atoms with E-state index in [1.165, 1.54) is 0 Å². The van der Waals surface area contributed by atoms with Crippen LogP contribution in [0.4, 0.5) is 5.82 Å². The second-order valence-corrected chi connectivity index (χ2v) is 5.05. The summed E-state index contributed by atoms with van der Waals surface area (Å²) in [5.41, 5.74) is 0.997. The Kier molecular flexibility index (Phi) is 5.14. The molecule has 1 amide bonds. The van der Waals surface area contributed by atoms with Crippen LogP contribution in [-0.2, 0) is 16.1 Å². The minimum atomic E-state index is -0.0986. The van der Waals surface area contributed by atoms with Crippen molar-refractivity contribution in [3.05, 3.63) is 11.8 Å². The fourth-order valence-corrected chi connectivity index (χ4v) is 2.58. The van der Waals surface area contributed by atoms with E-state index in [9.17, 15) is 4.79 Å². The van der Waals surface area contributed by atoms with Crippen molar-refractivity contribution in [3.63, 3.8) is 0 Å². The summed E-state index contributed by atoms with van der Waals surface area (Å²) in [5.74, 6) is 0.858. The fraction of sp³-hybridized carbons (Fsp3) is 0.714. The van der Waals surface area contributed by atoms with Crippen LogP contribution in [0.3, 0.4) is 0 Å². The van der Waals surface area contributed by atoms with Crippen LogP contribution in [-0.4, -0.2) is 52.9 Å². The fourth-order valence-electron chi connectivity index (χ4n) is 2.58. The van der Waals surface area contributed by atoms with Crippen LogP contribution >= 0.6 is 0 Å². The molecule has 1 N–H and O–H groups in total. The van der Waals surface area contributed by atoms with Gasteiger partial charge in [-0.15, -0.1) is 0 Å². The van der Waals surface area contributed by atoms with Gasteiger partial charge in [0.1, 0.15) is 5.82 Å². The smallest absolute Gasteiger partial charge is 0.242 e. The minimum absolute atomic E-state index is 0.0488. The minimum Gasteiger partial charge on any atom is -0.379 e. The lowest BCUT2D eigenvalue weighted by molar-refractivity contribution is -0.123. The maximum Gasteiger partial charge on any atom is 0.242 e.